The number of piperazine rings is 1. The lowest BCUT2D eigenvalue weighted by atomic mass is 10.0. The Hall–Kier alpha value is -2.29. The first-order chi connectivity index (χ1) is 11.2. The van der Waals surface area contributed by atoms with Crippen molar-refractivity contribution in [2.45, 2.75) is 19.8 Å². The molecule has 0 spiro atoms. The van der Waals surface area contributed by atoms with Crippen molar-refractivity contribution in [1.82, 2.24) is 4.90 Å². The molecule has 0 aromatic heterocycles. The summed E-state index contributed by atoms with van der Waals surface area (Å²) in [6.45, 7) is 5.14. The van der Waals surface area contributed by atoms with E-state index in [-0.39, 0.29) is 5.91 Å². The van der Waals surface area contributed by atoms with Gasteiger partial charge >= 0.3 is 0 Å². The van der Waals surface area contributed by atoms with Crippen molar-refractivity contribution in [3.05, 3.63) is 65.7 Å². The molecule has 1 fully saturated rings. The molecule has 1 aliphatic rings. The molecule has 2 aromatic carbocycles. The maximum atomic E-state index is 11.4. The van der Waals surface area contributed by atoms with E-state index in [0.29, 0.717) is 0 Å². The number of amides is 1. The normalized spacial score (nSPS) is 14.8. The van der Waals surface area contributed by atoms with Crippen LogP contribution >= 0.6 is 0 Å². The topological polar surface area (TPSA) is 23.6 Å². The van der Waals surface area contributed by atoms with Gasteiger partial charge in [0.15, 0.2) is 0 Å². The maximum absolute atomic E-state index is 11.4. The molecule has 3 nitrogen and oxygen atoms in total. The zero-order valence-corrected chi connectivity index (χ0v) is 13.7. The lowest BCUT2D eigenvalue weighted by Gasteiger charge is -2.35. The van der Waals surface area contributed by atoms with Gasteiger partial charge in [-0.05, 0) is 36.1 Å². The lowest BCUT2D eigenvalue weighted by molar-refractivity contribution is -0.129. The second-order valence-electron chi connectivity index (χ2n) is 6.15. The largest absolute Gasteiger partial charge is 0.368 e. The first-order valence-electron chi connectivity index (χ1n) is 8.36. The molecule has 0 atom stereocenters. The van der Waals surface area contributed by atoms with Gasteiger partial charge in [-0.1, -0.05) is 42.5 Å². The van der Waals surface area contributed by atoms with Crippen LogP contribution in [0.25, 0.3) is 0 Å². The average Bonchev–Trinajstić information content (AvgIpc) is 2.61. The van der Waals surface area contributed by atoms with Gasteiger partial charge in [-0.15, -0.1) is 0 Å². The molecule has 0 radical (unpaired) electrons. The monoisotopic (exact) mass is 308 g/mol. The summed E-state index contributed by atoms with van der Waals surface area (Å²) in [5.74, 6) is 0.182. The average molecular weight is 308 g/mol. The van der Waals surface area contributed by atoms with E-state index >= 15 is 0 Å². The van der Waals surface area contributed by atoms with Crippen LogP contribution in [0.1, 0.15) is 18.1 Å². The molecule has 1 heterocycles. The highest BCUT2D eigenvalue weighted by Crippen LogP contribution is 2.19. The number of benzene rings is 2. The standard InChI is InChI=1S/C20H24N2O/c1-17(23)21-12-14-22(15-13-21)20-9-5-8-19(16-20)11-10-18-6-3-2-4-7-18/h2-9,16H,10-15H2,1H3. The number of carbonyl (C=O) groups is 1. The van der Waals surface area contributed by atoms with E-state index in [0.717, 1.165) is 39.0 Å². The predicted octanol–water partition coefficient (Wildman–Crippen LogP) is 3.14. The number of hydrogen-bond acceptors (Lipinski definition) is 2. The fraction of sp³-hybridized carbons (Fsp3) is 0.350. The Labute approximate surface area is 138 Å². The second kappa shape index (κ2) is 7.32. The third-order valence-electron chi connectivity index (χ3n) is 4.55. The van der Waals surface area contributed by atoms with Crippen molar-refractivity contribution in [3.8, 4) is 0 Å². The van der Waals surface area contributed by atoms with Crippen molar-refractivity contribution < 1.29 is 4.79 Å². The second-order valence-corrected chi connectivity index (χ2v) is 6.15. The number of nitrogens with zero attached hydrogens (tertiary/aromatic N) is 2. The molecule has 0 saturated carbocycles. The van der Waals surface area contributed by atoms with E-state index in [2.05, 4.69) is 59.5 Å². The number of hydrogen-bond donors (Lipinski definition) is 0. The Morgan fingerprint density at radius 1 is 0.870 bits per heavy atom. The van der Waals surface area contributed by atoms with Crippen LogP contribution in [0, 0.1) is 0 Å². The zero-order chi connectivity index (χ0) is 16.1. The third-order valence-corrected chi connectivity index (χ3v) is 4.55. The van der Waals surface area contributed by atoms with Crippen molar-refractivity contribution in [1.29, 1.82) is 0 Å². The third kappa shape index (κ3) is 4.13. The molecular formula is C20H24N2O. The highest BCUT2D eigenvalue weighted by atomic mass is 16.2. The van der Waals surface area contributed by atoms with Gasteiger partial charge in [-0.25, -0.2) is 0 Å². The van der Waals surface area contributed by atoms with Crippen molar-refractivity contribution in [2.75, 3.05) is 31.1 Å². The van der Waals surface area contributed by atoms with Crippen LogP contribution in [0.3, 0.4) is 0 Å². The SMILES string of the molecule is CC(=O)N1CCN(c2cccc(CCc3ccccc3)c2)CC1. The Bertz CT molecular complexity index is 646. The number of rotatable bonds is 4. The van der Waals surface area contributed by atoms with Gasteiger partial charge in [-0.3, -0.25) is 4.79 Å². The molecule has 1 saturated heterocycles. The molecule has 0 unspecified atom stereocenters. The van der Waals surface area contributed by atoms with E-state index in [1.54, 1.807) is 6.92 Å². The summed E-state index contributed by atoms with van der Waals surface area (Å²) in [7, 11) is 0. The molecule has 0 bridgehead atoms. The quantitative estimate of drug-likeness (QED) is 0.866. The van der Waals surface area contributed by atoms with Gasteiger partial charge in [-0.2, -0.15) is 0 Å². The van der Waals surface area contributed by atoms with E-state index in [4.69, 9.17) is 0 Å². The number of carbonyl (C=O) groups excluding carboxylic acids is 1. The van der Waals surface area contributed by atoms with Crippen molar-refractivity contribution >= 4 is 11.6 Å². The van der Waals surface area contributed by atoms with Crippen LogP contribution < -0.4 is 4.90 Å². The van der Waals surface area contributed by atoms with Crippen LogP contribution in [0.2, 0.25) is 0 Å². The molecule has 0 aliphatic carbocycles. The molecule has 2 aromatic rings. The Morgan fingerprint density at radius 3 is 2.22 bits per heavy atom. The van der Waals surface area contributed by atoms with Gasteiger partial charge in [0.2, 0.25) is 5.91 Å². The minimum absolute atomic E-state index is 0.182. The molecule has 3 heteroatoms. The molecule has 0 N–H and O–H groups in total. The van der Waals surface area contributed by atoms with E-state index < -0.39 is 0 Å². The van der Waals surface area contributed by atoms with Crippen LogP contribution in [-0.2, 0) is 17.6 Å². The van der Waals surface area contributed by atoms with Gasteiger partial charge in [0.1, 0.15) is 0 Å². The zero-order valence-electron chi connectivity index (χ0n) is 13.7. The van der Waals surface area contributed by atoms with Crippen LogP contribution in [0.4, 0.5) is 5.69 Å². The summed E-state index contributed by atoms with van der Waals surface area (Å²) < 4.78 is 0. The highest BCUT2D eigenvalue weighted by Gasteiger charge is 2.18. The number of anilines is 1. The van der Waals surface area contributed by atoms with E-state index in [9.17, 15) is 4.79 Å². The smallest absolute Gasteiger partial charge is 0.219 e. The summed E-state index contributed by atoms with van der Waals surface area (Å²) in [6.07, 6.45) is 2.13. The lowest BCUT2D eigenvalue weighted by Crippen LogP contribution is -2.48. The molecular weight excluding hydrogens is 284 g/mol. The summed E-state index contributed by atoms with van der Waals surface area (Å²) in [4.78, 5) is 15.7. The Balaban J connectivity index is 1.60. The van der Waals surface area contributed by atoms with Gasteiger partial charge in [0.05, 0.1) is 0 Å². The van der Waals surface area contributed by atoms with Crippen LogP contribution in [-0.4, -0.2) is 37.0 Å². The number of aryl methyl sites for hydroxylation is 2. The predicted molar refractivity (Wildman–Crippen MR) is 94.8 cm³/mol. The van der Waals surface area contributed by atoms with Crippen molar-refractivity contribution in [2.24, 2.45) is 0 Å². The van der Waals surface area contributed by atoms with Crippen LogP contribution in [0.5, 0.6) is 0 Å². The first kappa shape index (κ1) is 15.6. The van der Waals surface area contributed by atoms with Crippen molar-refractivity contribution in [3.63, 3.8) is 0 Å². The van der Waals surface area contributed by atoms with E-state index in [1.165, 1.54) is 16.8 Å². The van der Waals surface area contributed by atoms with E-state index in [1.807, 2.05) is 4.90 Å². The highest BCUT2D eigenvalue weighted by molar-refractivity contribution is 5.73. The molecule has 1 aliphatic heterocycles. The fourth-order valence-corrected chi connectivity index (χ4v) is 3.12. The summed E-state index contributed by atoms with van der Waals surface area (Å²) in [5.41, 5.74) is 4.03. The first-order valence-corrected chi connectivity index (χ1v) is 8.36. The van der Waals surface area contributed by atoms with Gasteiger partial charge in [0.25, 0.3) is 0 Å². The maximum Gasteiger partial charge on any atom is 0.219 e. The van der Waals surface area contributed by atoms with Gasteiger partial charge in [0, 0.05) is 38.8 Å². The fourth-order valence-electron chi connectivity index (χ4n) is 3.12. The van der Waals surface area contributed by atoms with Gasteiger partial charge < -0.3 is 9.80 Å². The minimum Gasteiger partial charge on any atom is -0.368 e. The molecule has 120 valence electrons. The molecule has 3 rings (SSSR count). The van der Waals surface area contributed by atoms with Crippen LogP contribution in [0.15, 0.2) is 54.6 Å². The minimum atomic E-state index is 0.182. The molecule has 1 amide bonds. The Kier molecular flexibility index (Phi) is 4.96. The summed E-state index contributed by atoms with van der Waals surface area (Å²) in [5, 5.41) is 0. The summed E-state index contributed by atoms with van der Waals surface area (Å²) >= 11 is 0. The molecule has 23 heavy (non-hydrogen) atoms. The Morgan fingerprint density at radius 2 is 1.52 bits per heavy atom. The summed E-state index contributed by atoms with van der Waals surface area (Å²) in [6, 6.07) is 19.5.